The highest BCUT2D eigenvalue weighted by atomic mass is 16.7. The summed E-state index contributed by atoms with van der Waals surface area (Å²) in [5, 5.41) is 0. The van der Waals surface area contributed by atoms with Gasteiger partial charge in [-0.15, -0.1) is 0 Å². The third kappa shape index (κ3) is 7.97. The second-order valence-corrected chi connectivity index (χ2v) is 11.9. The monoisotopic (exact) mass is 640 g/mol. The SMILES string of the molecule is COCOc1c(COCc2cc(OC)cc3c2OC(C)(C)OC3)cc(OC)cc1COCc1cc(OC)cc2c1OC(C)(C)OC2. The lowest BCUT2D eigenvalue weighted by Crippen LogP contribution is -2.35. The molecule has 2 heterocycles. The number of hydrogen-bond acceptors (Lipinski definition) is 11. The minimum absolute atomic E-state index is 0.0466. The van der Waals surface area contributed by atoms with Crippen molar-refractivity contribution >= 4 is 0 Å². The van der Waals surface area contributed by atoms with E-state index < -0.39 is 11.6 Å². The summed E-state index contributed by atoms with van der Waals surface area (Å²) in [6.07, 6.45) is 0. The van der Waals surface area contributed by atoms with Gasteiger partial charge in [0.15, 0.2) is 6.79 Å². The zero-order chi connectivity index (χ0) is 32.9. The summed E-state index contributed by atoms with van der Waals surface area (Å²) in [6.45, 7) is 9.39. The number of methoxy groups -OCH3 is 4. The number of fused-ring (bicyclic) bond motifs is 2. The van der Waals surface area contributed by atoms with Crippen LogP contribution in [-0.4, -0.2) is 46.8 Å². The smallest absolute Gasteiger partial charge is 0.205 e. The molecule has 11 nitrogen and oxygen atoms in total. The van der Waals surface area contributed by atoms with Crippen molar-refractivity contribution in [2.24, 2.45) is 0 Å². The molecule has 0 spiro atoms. The van der Waals surface area contributed by atoms with E-state index >= 15 is 0 Å². The van der Waals surface area contributed by atoms with Gasteiger partial charge in [-0.25, -0.2) is 0 Å². The van der Waals surface area contributed by atoms with Crippen LogP contribution in [0, 0.1) is 0 Å². The van der Waals surface area contributed by atoms with Gasteiger partial charge < -0.3 is 52.1 Å². The Morgan fingerprint density at radius 3 is 1.37 bits per heavy atom. The largest absolute Gasteiger partial charge is 0.497 e. The zero-order valence-electron chi connectivity index (χ0n) is 27.9. The number of rotatable bonds is 14. The Kier molecular flexibility index (Phi) is 10.5. The van der Waals surface area contributed by atoms with E-state index in [-0.39, 0.29) is 33.2 Å². The quantitative estimate of drug-likeness (QED) is 0.183. The van der Waals surface area contributed by atoms with Crippen molar-refractivity contribution in [2.45, 2.75) is 78.9 Å². The Morgan fingerprint density at radius 1 is 0.565 bits per heavy atom. The van der Waals surface area contributed by atoms with Crippen molar-refractivity contribution < 1.29 is 52.1 Å². The van der Waals surface area contributed by atoms with E-state index in [0.29, 0.717) is 36.2 Å². The standard InChI is InChI=1S/C35H44O11/c1-34(2)43-19-26-13-29(38-7)11-24(32(26)45-34)17-40-15-22-9-28(37-6)10-23(31(22)42-21-36-5)16-41-18-25-12-30(39-8)14-27-20-44-35(3,4)46-33(25)27/h9-14H,15-21H2,1-8H3. The van der Waals surface area contributed by atoms with Crippen LogP contribution in [0.15, 0.2) is 36.4 Å². The molecule has 3 aromatic rings. The second kappa shape index (κ2) is 14.4. The zero-order valence-corrected chi connectivity index (χ0v) is 27.9. The van der Waals surface area contributed by atoms with E-state index in [1.807, 2.05) is 64.1 Å². The van der Waals surface area contributed by atoms with Gasteiger partial charge in [-0.05, 0) is 36.4 Å². The first-order valence-electron chi connectivity index (χ1n) is 15.1. The van der Waals surface area contributed by atoms with E-state index in [0.717, 1.165) is 44.9 Å². The summed E-state index contributed by atoms with van der Waals surface area (Å²) < 4.78 is 64.5. The average molecular weight is 641 g/mol. The molecule has 2 aliphatic rings. The highest BCUT2D eigenvalue weighted by Crippen LogP contribution is 2.40. The van der Waals surface area contributed by atoms with Crippen LogP contribution >= 0.6 is 0 Å². The predicted octanol–water partition coefficient (Wildman–Crippen LogP) is 6.42. The van der Waals surface area contributed by atoms with Crippen LogP contribution in [0.25, 0.3) is 0 Å². The van der Waals surface area contributed by atoms with Crippen LogP contribution in [-0.2, 0) is 63.3 Å². The third-order valence-electron chi connectivity index (χ3n) is 7.55. The van der Waals surface area contributed by atoms with E-state index in [9.17, 15) is 0 Å². The van der Waals surface area contributed by atoms with Gasteiger partial charge in [0, 0.05) is 68.2 Å². The molecule has 11 heteroatoms. The van der Waals surface area contributed by atoms with Gasteiger partial charge in [0.2, 0.25) is 11.6 Å². The molecule has 0 aliphatic carbocycles. The molecule has 46 heavy (non-hydrogen) atoms. The molecule has 3 aromatic carbocycles. The maximum absolute atomic E-state index is 6.26. The van der Waals surface area contributed by atoms with Crippen molar-refractivity contribution in [3.05, 3.63) is 69.8 Å². The molecule has 0 unspecified atom stereocenters. The molecule has 0 aromatic heterocycles. The fraction of sp³-hybridized carbons (Fsp3) is 0.486. The van der Waals surface area contributed by atoms with Gasteiger partial charge in [0.25, 0.3) is 0 Å². The van der Waals surface area contributed by atoms with Gasteiger partial charge in [-0.2, -0.15) is 0 Å². The first-order chi connectivity index (χ1) is 22.0. The average Bonchev–Trinajstić information content (AvgIpc) is 3.03. The molecular formula is C35H44O11. The Balaban J connectivity index is 1.35. The Hall–Kier alpha value is -3.74. The summed E-state index contributed by atoms with van der Waals surface area (Å²) in [7, 11) is 6.45. The highest BCUT2D eigenvalue weighted by molar-refractivity contribution is 5.50. The summed E-state index contributed by atoms with van der Waals surface area (Å²) in [5.74, 6) is 2.63. The van der Waals surface area contributed by atoms with Gasteiger partial charge in [-0.3, -0.25) is 0 Å². The maximum atomic E-state index is 6.26. The molecule has 0 amide bonds. The number of hydrogen-bond donors (Lipinski definition) is 0. The van der Waals surface area contributed by atoms with E-state index in [4.69, 9.17) is 52.1 Å². The van der Waals surface area contributed by atoms with E-state index in [2.05, 4.69) is 0 Å². The highest BCUT2D eigenvalue weighted by Gasteiger charge is 2.31. The summed E-state index contributed by atoms with van der Waals surface area (Å²) in [4.78, 5) is 0. The minimum Gasteiger partial charge on any atom is -0.497 e. The maximum Gasteiger partial charge on any atom is 0.205 e. The molecule has 0 saturated carbocycles. The summed E-state index contributed by atoms with van der Waals surface area (Å²) in [5.41, 5.74) is 5.07. The molecule has 0 bridgehead atoms. The summed E-state index contributed by atoms with van der Waals surface area (Å²) in [6, 6.07) is 11.4. The Labute approximate surface area is 270 Å². The first kappa shape index (κ1) is 33.6. The van der Waals surface area contributed by atoms with Gasteiger partial charge in [-0.1, -0.05) is 0 Å². The van der Waals surface area contributed by atoms with E-state index in [1.54, 1.807) is 28.4 Å². The molecule has 2 aliphatic heterocycles. The molecular weight excluding hydrogens is 596 g/mol. The van der Waals surface area contributed by atoms with Crippen molar-refractivity contribution in [1.29, 1.82) is 0 Å². The van der Waals surface area contributed by atoms with Crippen LogP contribution in [0.3, 0.4) is 0 Å². The molecule has 250 valence electrons. The molecule has 0 saturated heterocycles. The van der Waals surface area contributed by atoms with Gasteiger partial charge in [0.1, 0.15) is 34.5 Å². The normalized spacial score (nSPS) is 16.0. The lowest BCUT2D eigenvalue weighted by Gasteiger charge is -2.34. The van der Waals surface area contributed by atoms with E-state index in [1.165, 1.54) is 0 Å². The van der Waals surface area contributed by atoms with Crippen LogP contribution < -0.4 is 28.4 Å². The summed E-state index contributed by atoms with van der Waals surface area (Å²) >= 11 is 0. The van der Waals surface area contributed by atoms with Crippen LogP contribution in [0.5, 0.6) is 34.5 Å². The van der Waals surface area contributed by atoms with Crippen molar-refractivity contribution in [1.82, 2.24) is 0 Å². The van der Waals surface area contributed by atoms with Crippen molar-refractivity contribution in [3.8, 4) is 34.5 Å². The predicted molar refractivity (Wildman–Crippen MR) is 167 cm³/mol. The molecule has 5 rings (SSSR count). The lowest BCUT2D eigenvalue weighted by atomic mass is 10.1. The second-order valence-electron chi connectivity index (χ2n) is 11.9. The third-order valence-corrected chi connectivity index (χ3v) is 7.55. The topological polar surface area (TPSA) is 102 Å². The number of benzene rings is 3. The lowest BCUT2D eigenvalue weighted by molar-refractivity contribution is -0.181. The van der Waals surface area contributed by atoms with Gasteiger partial charge >= 0.3 is 0 Å². The molecule has 0 N–H and O–H groups in total. The van der Waals surface area contributed by atoms with Crippen LogP contribution in [0.1, 0.15) is 61.1 Å². The fourth-order valence-corrected chi connectivity index (χ4v) is 5.33. The molecule has 0 atom stereocenters. The fourth-order valence-electron chi connectivity index (χ4n) is 5.33. The van der Waals surface area contributed by atoms with Crippen LogP contribution in [0.2, 0.25) is 0 Å². The Bertz CT molecular complexity index is 1410. The van der Waals surface area contributed by atoms with Crippen LogP contribution in [0.4, 0.5) is 0 Å². The van der Waals surface area contributed by atoms with Crippen molar-refractivity contribution in [3.63, 3.8) is 0 Å². The van der Waals surface area contributed by atoms with Gasteiger partial charge in [0.05, 0.1) is 61.0 Å². The first-order valence-corrected chi connectivity index (χ1v) is 15.1. The molecule has 0 radical (unpaired) electrons. The minimum atomic E-state index is -0.751. The Morgan fingerprint density at radius 2 is 0.957 bits per heavy atom. The van der Waals surface area contributed by atoms with Crippen molar-refractivity contribution in [2.75, 3.05) is 35.2 Å². The number of ether oxygens (including phenoxy) is 11. The molecule has 0 fully saturated rings.